The SMILES string of the molecule is COc1ccc(-c2cnc([C@@H]3CCCN3C(=O)[C@]34CC[C@@H](C(C)C)[C@@H]3[C@H]3CC[C@@H]5[C@@]6(C)CC[C@H](OC(=O)CC(C)(C)OC=O)C(C)(C)[C@@H]6CC[C@@]5(C)[C@]3(C)CC4)[nH]2)cc1. The van der Waals surface area contributed by atoms with Gasteiger partial charge in [-0.2, -0.15) is 0 Å². The molecule has 0 unspecified atom stereocenters. The largest absolute Gasteiger partial charge is 0.497 e. The maximum absolute atomic E-state index is 15.6. The summed E-state index contributed by atoms with van der Waals surface area (Å²) in [5.74, 6) is 4.89. The number of rotatable bonds is 10. The summed E-state index contributed by atoms with van der Waals surface area (Å²) in [5, 5.41) is 0. The van der Waals surface area contributed by atoms with E-state index in [-0.39, 0.29) is 51.6 Å². The van der Waals surface area contributed by atoms with Gasteiger partial charge in [0.15, 0.2) is 0 Å². The number of fused-ring (bicyclic) bond motifs is 7. The summed E-state index contributed by atoms with van der Waals surface area (Å²) in [6.45, 7) is 22.2. The van der Waals surface area contributed by atoms with E-state index in [2.05, 4.69) is 70.5 Å². The molecule has 5 saturated carbocycles. The van der Waals surface area contributed by atoms with E-state index >= 15 is 4.79 Å². The van der Waals surface area contributed by atoms with Crippen LogP contribution in [0.15, 0.2) is 30.5 Å². The molecule has 9 nitrogen and oxygen atoms in total. The molecule has 2 heterocycles. The minimum absolute atomic E-state index is 0.0201. The lowest BCUT2D eigenvalue weighted by atomic mass is 9.32. The Labute approximate surface area is 353 Å². The summed E-state index contributed by atoms with van der Waals surface area (Å²) < 4.78 is 16.9. The fourth-order valence-electron chi connectivity index (χ4n) is 15.7. The van der Waals surface area contributed by atoms with Crippen molar-refractivity contribution in [2.75, 3.05) is 13.7 Å². The number of carbonyl (C=O) groups is 3. The lowest BCUT2D eigenvalue weighted by molar-refractivity contribution is -0.251. The van der Waals surface area contributed by atoms with Crippen LogP contribution in [0.4, 0.5) is 0 Å². The zero-order valence-electron chi connectivity index (χ0n) is 37.8. The number of aromatic nitrogens is 2. The predicted molar refractivity (Wildman–Crippen MR) is 229 cm³/mol. The first kappa shape index (κ1) is 42.3. The highest BCUT2D eigenvalue weighted by molar-refractivity contribution is 5.84. The van der Waals surface area contributed by atoms with Crippen LogP contribution in [-0.2, 0) is 23.9 Å². The summed E-state index contributed by atoms with van der Waals surface area (Å²) in [5.41, 5.74) is 1.12. The van der Waals surface area contributed by atoms with Crippen molar-refractivity contribution in [3.8, 4) is 17.0 Å². The summed E-state index contributed by atoms with van der Waals surface area (Å²) in [6.07, 6.45) is 14.7. The second kappa shape index (κ2) is 14.9. The average Bonchev–Trinajstić information content (AvgIpc) is 3.95. The topological polar surface area (TPSA) is 111 Å². The molecule has 1 N–H and O–H groups in total. The van der Waals surface area contributed by atoms with E-state index in [4.69, 9.17) is 19.2 Å². The van der Waals surface area contributed by atoms with E-state index in [9.17, 15) is 9.59 Å². The number of imidazole rings is 1. The van der Waals surface area contributed by atoms with E-state index in [1.807, 2.05) is 18.3 Å². The highest BCUT2D eigenvalue weighted by Crippen LogP contribution is 2.78. The smallest absolute Gasteiger partial charge is 0.310 e. The first-order chi connectivity index (χ1) is 27.8. The van der Waals surface area contributed by atoms with E-state index < -0.39 is 5.60 Å². The minimum Gasteiger partial charge on any atom is -0.497 e. The van der Waals surface area contributed by atoms with Gasteiger partial charge in [-0.15, -0.1) is 0 Å². The molecule has 1 aromatic carbocycles. The first-order valence-electron chi connectivity index (χ1n) is 23.2. The molecule has 0 radical (unpaired) electrons. The Morgan fingerprint density at radius 1 is 0.915 bits per heavy atom. The number of esters is 1. The Bertz CT molecular complexity index is 1900. The van der Waals surface area contributed by atoms with Crippen molar-refractivity contribution in [2.24, 2.45) is 62.6 Å². The van der Waals surface area contributed by atoms with Crippen LogP contribution < -0.4 is 4.74 Å². The molecular formula is C50H73N3O6. The summed E-state index contributed by atoms with van der Waals surface area (Å²) >= 11 is 0. The number of H-pyrrole nitrogens is 1. The van der Waals surface area contributed by atoms with Crippen molar-refractivity contribution in [1.29, 1.82) is 0 Å². The first-order valence-corrected chi connectivity index (χ1v) is 23.2. The number of ether oxygens (including phenoxy) is 3. The van der Waals surface area contributed by atoms with Crippen molar-refractivity contribution < 1.29 is 28.6 Å². The molecule has 0 bridgehead atoms. The molecule has 5 aliphatic carbocycles. The van der Waals surface area contributed by atoms with Crippen molar-refractivity contribution in [3.05, 3.63) is 36.3 Å². The van der Waals surface area contributed by atoms with E-state index in [1.165, 1.54) is 19.3 Å². The van der Waals surface area contributed by atoms with Crippen LogP contribution in [0.25, 0.3) is 11.3 Å². The molecule has 324 valence electrons. The molecule has 1 aromatic heterocycles. The van der Waals surface area contributed by atoms with Gasteiger partial charge < -0.3 is 24.1 Å². The van der Waals surface area contributed by atoms with Gasteiger partial charge in [0.25, 0.3) is 6.47 Å². The number of nitrogens with zero attached hydrogens (tertiary/aromatic N) is 2. The number of nitrogens with one attached hydrogen (secondary N) is 1. The third kappa shape index (κ3) is 6.58. The van der Waals surface area contributed by atoms with Gasteiger partial charge in [0.1, 0.15) is 23.3 Å². The molecule has 1 amide bonds. The monoisotopic (exact) mass is 812 g/mol. The van der Waals surface area contributed by atoms with Crippen LogP contribution in [0.3, 0.4) is 0 Å². The molecule has 2 aromatic rings. The van der Waals surface area contributed by atoms with Crippen LogP contribution in [0, 0.1) is 62.6 Å². The third-order valence-electron chi connectivity index (χ3n) is 18.7. The number of carbonyl (C=O) groups excluding carboxylic acids is 3. The van der Waals surface area contributed by atoms with E-state index in [0.29, 0.717) is 47.9 Å². The van der Waals surface area contributed by atoms with Crippen LogP contribution in [0.1, 0.15) is 158 Å². The number of likely N-dealkylation sites (tertiary alicyclic amines) is 1. The molecule has 0 spiro atoms. The van der Waals surface area contributed by atoms with Crippen molar-refractivity contribution in [3.63, 3.8) is 0 Å². The van der Waals surface area contributed by atoms with Gasteiger partial charge in [-0.3, -0.25) is 14.4 Å². The van der Waals surface area contributed by atoms with Gasteiger partial charge in [-0.1, -0.05) is 48.5 Å². The molecule has 1 saturated heterocycles. The normalized spacial score (nSPS) is 38.8. The fourth-order valence-corrected chi connectivity index (χ4v) is 15.7. The van der Waals surface area contributed by atoms with Gasteiger partial charge in [-0.25, -0.2) is 4.98 Å². The Balaban J connectivity index is 1.04. The molecular weight excluding hydrogens is 739 g/mol. The maximum Gasteiger partial charge on any atom is 0.310 e. The molecule has 6 fully saturated rings. The lowest BCUT2D eigenvalue weighted by Crippen LogP contribution is -2.67. The highest BCUT2D eigenvalue weighted by Gasteiger charge is 2.72. The van der Waals surface area contributed by atoms with Crippen LogP contribution in [0.2, 0.25) is 0 Å². The van der Waals surface area contributed by atoms with E-state index in [0.717, 1.165) is 87.2 Å². The van der Waals surface area contributed by atoms with Crippen molar-refractivity contribution in [2.45, 2.75) is 164 Å². The van der Waals surface area contributed by atoms with Crippen molar-refractivity contribution >= 4 is 18.3 Å². The number of amides is 1. The van der Waals surface area contributed by atoms with E-state index in [1.54, 1.807) is 21.0 Å². The third-order valence-corrected chi connectivity index (χ3v) is 18.7. The van der Waals surface area contributed by atoms with Crippen LogP contribution in [0.5, 0.6) is 5.75 Å². The lowest BCUT2D eigenvalue weighted by Gasteiger charge is -2.73. The molecule has 8 rings (SSSR count). The van der Waals surface area contributed by atoms with Gasteiger partial charge in [0, 0.05) is 12.0 Å². The fraction of sp³-hybridized carbons (Fsp3) is 0.760. The number of methoxy groups -OCH3 is 1. The molecule has 59 heavy (non-hydrogen) atoms. The Morgan fingerprint density at radius 2 is 1.66 bits per heavy atom. The quantitative estimate of drug-likeness (QED) is 0.188. The zero-order chi connectivity index (χ0) is 42.3. The summed E-state index contributed by atoms with van der Waals surface area (Å²) in [6, 6.07) is 8.05. The molecule has 9 heteroatoms. The Kier molecular flexibility index (Phi) is 10.7. The Hall–Kier alpha value is -3.36. The van der Waals surface area contributed by atoms with Crippen LogP contribution >= 0.6 is 0 Å². The van der Waals surface area contributed by atoms with Gasteiger partial charge in [0.05, 0.1) is 36.9 Å². The average molecular weight is 812 g/mol. The summed E-state index contributed by atoms with van der Waals surface area (Å²) in [7, 11) is 1.69. The summed E-state index contributed by atoms with van der Waals surface area (Å²) in [4.78, 5) is 50.7. The number of hydrogen-bond donors (Lipinski definition) is 1. The highest BCUT2D eigenvalue weighted by atomic mass is 16.6. The zero-order valence-corrected chi connectivity index (χ0v) is 37.8. The van der Waals surface area contributed by atoms with Gasteiger partial charge in [-0.05, 0) is 172 Å². The van der Waals surface area contributed by atoms with Crippen LogP contribution in [-0.4, -0.2) is 58.6 Å². The number of benzene rings is 1. The Morgan fingerprint density at radius 3 is 2.36 bits per heavy atom. The van der Waals surface area contributed by atoms with Crippen molar-refractivity contribution in [1.82, 2.24) is 14.9 Å². The second-order valence-corrected chi connectivity index (χ2v) is 22.4. The molecule has 6 aliphatic rings. The predicted octanol–water partition coefficient (Wildman–Crippen LogP) is 10.7. The second-order valence-electron chi connectivity index (χ2n) is 22.4. The number of aromatic amines is 1. The molecule has 11 atom stereocenters. The van der Waals surface area contributed by atoms with Gasteiger partial charge >= 0.3 is 5.97 Å². The standard InChI is InChI=1S/C50H73N3O6/c1-31(2)34-19-24-50(44(56)53-27-11-12-37(53)43-51-29-36(52-43)32-13-15-33(57-10)16-14-32)26-25-48(8)35(42(34)50)17-18-39-47(7)22-21-40(59-41(55)28-45(3,4)58-30-54)46(5,6)38(47)20-23-49(39,48)9/h13-16,29-31,34-35,37-40,42H,11-12,17-28H2,1-10H3,(H,51,52)/t34-,35+,37-,38-,39+,40-,42+,47-,48+,49+,50-/m0/s1. The maximum atomic E-state index is 15.6. The number of hydrogen-bond acceptors (Lipinski definition) is 7. The minimum atomic E-state index is -0.888. The molecule has 1 aliphatic heterocycles. The van der Waals surface area contributed by atoms with Gasteiger partial charge in [0.2, 0.25) is 5.91 Å².